The van der Waals surface area contributed by atoms with Gasteiger partial charge < -0.3 is 10.1 Å². The second kappa shape index (κ2) is 8.08. The minimum atomic E-state index is -1.22. The van der Waals surface area contributed by atoms with Crippen molar-refractivity contribution in [3.8, 4) is 5.75 Å². The fraction of sp³-hybridized carbons (Fsp3) is 0.250. The molecule has 3 aromatic rings. The Kier molecular flexibility index (Phi) is 5.18. The van der Waals surface area contributed by atoms with Crippen LogP contribution in [-0.4, -0.2) is 36.3 Å². The molecule has 0 saturated carbocycles. The number of carbonyl (C=O) groups excluding carboxylic acids is 3. The molecule has 1 aliphatic heterocycles. The molecule has 1 saturated heterocycles. The Morgan fingerprint density at radius 2 is 1.28 bits per heavy atom. The van der Waals surface area contributed by atoms with Crippen molar-refractivity contribution in [1.82, 2.24) is 4.90 Å². The number of rotatable bonds is 5. The molecule has 1 fully saturated rings. The van der Waals surface area contributed by atoms with Crippen LogP contribution in [-0.2, 0) is 24.1 Å². The van der Waals surface area contributed by atoms with Crippen LogP contribution in [0.3, 0.4) is 0 Å². The summed E-state index contributed by atoms with van der Waals surface area (Å²) in [5.41, 5.74) is 3.60. The highest BCUT2D eigenvalue weighted by Crippen LogP contribution is 2.69. The number of alkyl halides is 2. The molecule has 182 valence electrons. The number of ether oxygens (including phenoxy) is 1. The van der Waals surface area contributed by atoms with Crippen LogP contribution in [0.25, 0.3) is 0 Å². The molecule has 0 radical (unpaired) electrons. The van der Waals surface area contributed by atoms with Crippen LogP contribution in [0.4, 0.5) is 5.69 Å². The van der Waals surface area contributed by atoms with Gasteiger partial charge in [-0.3, -0.25) is 19.3 Å². The standard InChI is InChI=1S/C28H22Cl2N2O4/c1-36-17-12-10-16(11-13-17)31-22(33)14-15-32-25(34)23-24(26(32)35)28(30)19-7-3-2-6-18(19)27(23,29)20-8-4-5-9-21(20)28/h2-13,23-24H,14-15H2,1H3,(H,31,33)/t23-,24+,27?,28?. The van der Waals surface area contributed by atoms with Crippen LogP contribution in [0.15, 0.2) is 72.8 Å². The average molecular weight is 521 g/mol. The molecule has 3 amide bonds. The summed E-state index contributed by atoms with van der Waals surface area (Å²) in [5.74, 6) is -2.16. The van der Waals surface area contributed by atoms with Crippen molar-refractivity contribution in [3.05, 3.63) is 95.1 Å². The third-order valence-corrected chi connectivity index (χ3v) is 8.90. The summed E-state index contributed by atoms with van der Waals surface area (Å²) < 4.78 is 5.13. The molecule has 0 spiro atoms. The van der Waals surface area contributed by atoms with Gasteiger partial charge in [-0.15, -0.1) is 23.2 Å². The fourth-order valence-electron chi connectivity index (χ4n) is 6.06. The number of nitrogens with zero attached hydrogens (tertiary/aromatic N) is 1. The van der Waals surface area contributed by atoms with Crippen LogP contribution in [0.5, 0.6) is 5.75 Å². The third kappa shape index (κ3) is 2.95. The van der Waals surface area contributed by atoms with Crippen molar-refractivity contribution in [3.63, 3.8) is 0 Å². The second-order valence-corrected chi connectivity index (χ2v) is 10.5. The lowest BCUT2D eigenvalue weighted by Crippen LogP contribution is -2.57. The van der Waals surface area contributed by atoms with Crippen LogP contribution >= 0.6 is 23.2 Å². The number of imide groups is 1. The van der Waals surface area contributed by atoms with Crippen molar-refractivity contribution < 1.29 is 19.1 Å². The average Bonchev–Trinajstić information content (AvgIpc) is 3.17. The Bertz CT molecular complexity index is 1300. The van der Waals surface area contributed by atoms with Crippen LogP contribution in [0.1, 0.15) is 28.7 Å². The molecule has 36 heavy (non-hydrogen) atoms. The summed E-state index contributed by atoms with van der Waals surface area (Å²) in [4.78, 5) is 38.9. The molecule has 1 N–H and O–H groups in total. The van der Waals surface area contributed by atoms with Gasteiger partial charge in [-0.05, 0) is 46.5 Å². The van der Waals surface area contributed by atoms with E-state index in [1.165, 1.54) is 0 Å². The molecule has 1 heterocycles. The van der Waals surface area contributed by atoms with Crippen molar-refractivity contribution in [2.24, 2.45) is 11.8 Å². The van der Waals surface area contributed by atoms with E-state index in [9.17, 15) is 14.4 Å². The van der Waals surface area contributed by atoms with Crippen LogP contribution < -0.4 is 10.1 Å². The fourth-order valence-corrected chi connectivity index (χ4v) is 7.15. The maximum Gasteiger partial charge on any atom is 0.235 e. The predicted octanol–water partition coefficient (Wildman–Crippen LogP) is 4.62. The molecule has 2 atom stereocenters. The molecule has 8 heteroatoms. The Morgan fingerprint density at radius 1 is 0.833 bits per heavy atom. The molecule has 4 aliphatic rings. The summed E-state index contributed by atoms with van der Waals surface area (Å²) in [6.07, 6.45) is -0.0482. The lowest BCUT2D eigenvalue weighted by molar-refractivity contribution is -0.140. The highest BCUT2D eigenvalue weighted by Gasteiger charge is 2.72. The molecule has 7 rings (SSSR count). The van der Waals surface area contributed by atoms with Gasteiger partial charge in [0.25, 0.3) is 0 Å². The summed E-state index contributed by atoms with van der Waals surface area (Å²) in [5, 5.41) is 2.79. The number of methoxy groups -OCH3 is 1. The number of amides is 3. The Hall–Kier alpha value is -3.35. The zero-order valence-corrected chi connectivity index (χ0v) is 20.8. The van der Waals surface area contributed by atoms with Gasteiger partial charge in [0, 0.05) is 18.7 Å². The first-order chi connectivity index (χ1) is 17.3. The molecule has 2 bridgehead atoms. The van der Waals surface area contributed by atoms with Gasteiger partial charge in [0.15, 0.2) is 0 Å². The molecular formula is C28H22Cl2N2O4. The van der Waals surface area contributed by atoms with E-state index in [0.717, 1.165) is 27.2 Å². The Labute approximate surface area is 218 Å². The number of benzene rings is 3. The highest BCUT2D eigenvalue weighted by atomic mass is 35.5. The zero-order valence-electron chi connectivity index (χ0n) is 19.3. The Morgan fingerprint density at radius 3 is 1.69 bits per heavy atom. The largest absolute Gasteiger partial charge is 0.497 e. The van der Waals surface area contributed by atoms with Gasteiger partial charge in [-0.2, -0.15) is 0 Å². The Balaban J connectivity index is 1.31. The van der Waals surface area contributed by atoms with Gasteiger partial charge in [0.1, 0.15) is 15.5 Å². The molecule has 3 aromatic carbocycles. The topological polar surface area (TPSA) is 75.7 Å². The number of hydrogen-bond donors (Lipinski definition) is 1. The first-order valence-electron chi connectivity index (χ1n) is 11.7. The van der Waals surface area contributed by atoms with Gasteiger partial charge in [-0.1, -0.05) is 48.5 Å². The smallest absolute Gasteiger partial charge is 0.235 e. The van der Waals surface area contributed by atoms with Gasteiger partial charge in [0.2, 0.25) is 17.7 Å². The van der Waals surface area contributed by atoms with E-state index in [4.69, 9.17) is 27.9 Å². The van der Waals surface area contributed by atoms with Gasteiger partial charge in [0.05, 0.1) is 18.9 Å². The molecule has 0 unspecified atom stereocenters. The third-order valence-electron chi connectivity index (χ3n) is 7.61. The number of carbonyl (C=O) groups is 3. The highest BCUT2D eigenvalue weighted by molar-refractivity contribution is 6.36. The normalized spacial score (nSPS) is 27.4. The van der Waals surface area contributed by atoms with E-state index in [1.807, 2.05) is 48.5 Å². The number of likely N-dealkylation sites (tertiary alicyclic amines) is 1. The van der Waals surface area contributed by atoms with Crippen LogP contribution in [0, 0.1) is 11.8 Å². The SMILES string of the molecule is COc1ccc(NC(=O)CCN2C(=O)[C@@H]3[C@H](C2=O)C2(Cl)c4ccccc4C3(Cl)c3ccccc32)cc1. The summed E-state index contributed by atoms with van der Waals surface area (Å²) in [6.45, 7) is -0.0563. The van der Waals surface area contributed by atoms with Crippen molar-refractivity contribution >= 4 is 46.6 Å². The van der Waals surface area contributed by atoms with Gasteiger partial charge in [-0.25, -0.2) is 0 Å². The summed E-state index contributed by atoms with van der Waals surface area (Å²) >= 11 is 14.8. The van der Waals surface area contributed by atoms with E-state index in [0.29, 0.717) is 11.4 Å². The predicted molar refractivity (Wildman–Crippen MR) is 136 cm³/mol. The van der Waals surface area contributed by atoms with E-state index in [-0.39, 0.29) is 18.9 Å². The minimum absolute atomic E-state index is 0.0482. The summed E-state index contributed by atoms with van der Waals surface area (Å²) in [7, 11) is 1.56. The number of hydrogen-bond acceptors (Lipinski definition) is 4. The molecule has 3 aliphatic carbocycles. The molecular weight excluding hydrogens is 499 g/mol. The summed E-state index contributed by atoms with van der Waals surface area (Å²) in [6, 6.07) is 21.9. The van der Waals surface area contributed by atoms with E-state index in [1.54, 1.807) is 31.4 Å². The molecule has 6 nitrogen and oxygen atoms in total. The van der Waals surface area contributed by atoms with E-state index >= 15 is 0 Å². The zero-order chi connectivity index (χ0) is 25.2. The monoisotopic (exact) mass is 520 g/mol. The van der Waals surface area contributed by atoms with Crippen molar-refractivity contribution in [2.45, 2.75) is 16.2 Å². The van der Waals surface area contributed by atoms with Crippen molar-refractivity contribution in [1.29, 1.82) is 0 Å². The van der Waals surface area contributed by atoms with E-state index < -0.39 is 33.4 Å². The maximum absolute atomic E-state index is 13.8. The van der Waals surface area contributed by atoms with Crippen LogP contribution in [0.2, 0.25) is 0 Å². The maximum atomic E-state index is 13.8. The first-order valence-corrected chi connectivity index (χ1v) is 12.4. The number of halogens is 2. The number of nitrogens with one attached hydrogen (secondary N) is 1. The lowest BCUT2D eigenvalue weighted by Gasteiger charge is -2.54. The quantitative estimate of drug-likeness (QED) is 0.393. The first kappa shape index (κ1) is 23.1. The minimum Gasteiger partial charge on any atom is -0.497 e. The van der Waals surface area contributed by atoms with E-state index in [2.05, 4.69) is 5.32 Å². The van der Waals surface area contributed by atoms with Gasteiger partial charge >= 0.3 is 0 Å². The second-order valence-electron chi connectivity index (χ2n) is 9.32. The lowest BCUT2D eigenvalue weighted by atomic mass is 9.54. The number of anilines is 1. The molecule has 0 aromatic heterocycles. The van der Waals surface area contributed by atoms with Crippen molar-refractivity contribution in [2.75, 3.05) is 19.0 Å².